The maximum atomic E-state index is 11.7. The first-order chi connectivity index (χ1) is 9.41. The Kier molecular flexibility index (Phi) is 4.45. The number of para-hydroxylation sites is 1. The molecule has 1 aromatic heterocycles. The number of fused-ring (bicyclic) bond motifs is 1. The van der Waals surface area contributed by atoms with Gasteiger partial charge in [-0.25, -0.2) is 13.4 Å². The predicted octanol–water partition coefficient (Wildman–Crippen LogP) is 1.88. The van der Waals surface area contributed by atoms with Crippen LogP contribution in [0.5, 0.6) is 0 Å². The van der Waals surface area contributed by atoms with Crippen LogP contribution in [0.3, 0.4) is 0 Å². The number of hydrogen-bond donors (Lipinski definition) is 2. The van der Waals surface area contributed by atoms with E-state index in [1.54, 1.807) is 12.1 Å². The lowest BCUT2D eigenvalue weighted by atomic mass is 10.0. The molecule has 3 N–H and O–H groups in total. The third kappa shape index (κ3) is 3.37. The fraction of sp³-hybridized carbons (Fsp3) is 0.500. The van der Waals surface area contributed by atoms with Crippen LogP contribution in [0.2, 0.25) is 0 Å². The number of nitrogens with one attached hydrogen (secondary N) is 1. The number of nitrogens with two attached hydrogens (primary N) is 1. The minimum Gasteiger partial charge on any atom is -0.342 e. The summed E-state index contributed by atoms with van der Waals surface area (Å²) in [6, 6.07) is 5.18. The van der Waals surface area contributed by atoms with Gasteiger partial charge in [-0.15, -0.1) is 0 Å². The Morgan fingerprint density at radius 3 is 2.75 bits per heavy atom. The van der Waals surface area contributed by atoms with E-state index < -0.39 is 9.84 Å². The molecule has 0 aliphatic rings. The van der Waals surface area contributed by atoms with Crippen LogP contribution in [0.4, 0.5) is 0 Å². The maximum Gasteiger partial charge on any atom is 0.177 e. The molecule has 0 aliphatic heterocycles. The summed E-state index contributed by atoms with van der Waals surface area (Å²) in [5.41, 5.74) is 6.85. The lowest BCUT2D eigenvalue weighted by Gasteiger charge is -2.07. The number of nitrogens with zero attached hydrogens (tertiary/aromatic N) is 1. The summed E-state index contributed by atoms with van der Waals surface area (Å²) < 4.78 is 23.5. The normalized spacial score (nSPS) is 13.8. The number of imidazole rings is 1. The number of aromatic nitrogens is 2. The fourth-order valence-corrected chi connectivity index (χ4v) is 3.12. The minimum absolute atomic E-state index is 0.285. The second kappa shape index (κ2) is 5.93. The Hall–Kier alpha value is -1.40. The summed E-state index contributed by atoms with van der Waals surface area (Å²) in [6.45, 7) is 2.86. The number of sulfone groups is 1. The first kappa shape index (κ1) is 15.0. The van der Waals surface area contributed by atoms with Gasteiger partial charge in [0.1, 0.15) is 11.3 Å². The molecule has 2 aromatic rings. The van der Waals surface area contributed by atoms with Crippen LogP contribution in [0.25, 0.3) is 11.0 Å². The van der Waals surface area contributed by atoms with E-state index in [1.165, 1.54) is 6.26 Å². The van der Waals surface area contributed by atoms with Gasteiger partial charge >= 0.3 is 0 Å². The van der Waals surface area contributed by atoms with Gasteiger partial charge in [0.15, 0.2) is 9.84 Å². The van der Waals surface area contributed by atoms with Gasteiger partial charge in [0.2, 0.25) is 0 Å². The predicted molar refractivity (Wildman–Crippen MR) is 80.4 cm³/mol. The molecule has 0 radical (unpaired) electrons. The van der Waals surface area contributed by atoms with Gasteiger partial charge in [-0.05, 0) is 37.4 Å². The molecule has 0 fully saturated rings. The molecule has 20 heavy (non-hydrogen) atoms. The van der Waals surface area contributed by atoms with Crippen molar-refractivity contribution in [2.75, 3.05) is 12.8 Å². The molecule has 0 aliphatic carbocycles. The molecule has 110 valence electrons. The summed E-state index contributed by atoms with van der Waals surface area (Å²) in [6.07, 6.45) is 4.00. The number of benzene rings is 1. The lowest BCUT2D eigenvalue weighted by Crippen LogP contribution is -2.06. The highest BCUT2D eigenvalue weighted by atomic mass is 32.2. The third-order valence-corrected chi connectivity index (χ3v) is 4.59. The summed E-state index contributed by atoms with van der Waals surface area (Å²) >= 11 is 0. The molecule has 1 heterocycles. The van der Waals surface area contributed by atoms with Crippen molar-refractivity contribution in [3.8, 4) is 0 Å². The van der Waals surface area contributed by atoms with Gasteiger partial charge < -0.3 is 10.7 Å². The average Bonchev–Trinajstić information content (AvgIpc) is 2.78. The molecular weight excluding hydrogens is 274 g/mol. The summed E-state index contributed by atoms with van der Waals surface area (Å²) in [5, 5.41) is 0. The van der Waals surface area contributed by atoms with Gasteiger partial charge in [-0.3, -0.25) is 0 Å². The van der Waals surface area contributed by atoms with Crippen LogP contribution in [0, 0.1) is 5.92 Å². The zero-order chi connectivity index (χ0) is 14.8. The molecule has 0 saturated heterocycles. The smallest absolute Gasteiger partial charge is 0.177 e. The lowest BCUT2D eigenvalue weighted by molar-refractivity contribution is 0.495. The van der Waals surface area contributed by atoms with E-state index in [9.17, 15) is 8.42 Å². The first-order valence-corrected chi connectivity index (χ1v) is 8.68. The largest absolute Gasteiger partial charge is 0.342 e. The van der Waals surface area contributed by atoms with E-state index in [4.69, 9.17) is 5.73 Å². The standard InChI is InChI=1S/C14H21N3O2S/c1-10(8-9-15)6-7-13-16-11-4-3-5-12(14(11)17-13)20(2,18)19/h3-5,10H,6-9,15H2,1-2H3,(H,16,17). The topological polar surface area (TPSA) is 88.8 Å². The number of rotatable bonds is 6. The molecule has 1 aromatic carbocycles. The van der Waals surface area contributed by atoms with E-state index >= 15 is 0 Å². The molecule has 1 unspecified atom stereocenters. The number of aryl methyl sites for hydroxylation is 1. The van der Waals surface area contributed by atoms with E-state index in [1.807, 2.05) is 6.07 Å². The minimum atomic E-state index is -3.26. The van der Waals surface area contributed by atoms with Crippen molar-refractivity contribution in [2.45, 2.75) is 31.1 Å². The Morgan fingerprint density at radius 1 is 1.35 bits per heavy atom. The van der Waals surface area contributed by atoms with Crippen LogP contribution in [-0.4, -0.2) is 31.2 Å². The molecular formula is C14H21N3O2S. The second-order valence-corrected chi connectivity index (χ2v) is 7.31. The van der Waals surface area contributed by atoms with E-state index in [2.05, 4.69) is 16.9 Å². The number of aromatic amines is 1. The van der Waals surface area contributed by atoms with Crippen LogP contribution in [0.1, 0.15) is 25.6 Å². The molecule has 0 bridgehead atoms. The molecule has 0 saturated carbocycles. The van der Waals surface area contributed by atoms with E-state index in [-0.39, 0.29) is 4.90 Å². The quantitative estimate of drug-likeness (QED) is 0.851. The van der Waals surface area contributed by atoms with Crippen molar-refractivity contribution < 1.29 is 8.42 Å². The van der Waals surface area contributed by atoms with Crippen LogP contribution >= 0.6 is 0 Å². The van der Waals surface area contributed by atoms with Crippen molar-refractivity contribution in [3.63, 3.8) is 0 Å². The average molecular weight is 295 g/mol. The first-order valence-electron chi connectivity index (χ1n) is 6.79. The van der Waals surface area contributed by atoms with Crippen molar-refractivity contribution in [2.24, 2.45) is 11.7 Å². The zero-order valence-corrected chi connectivity index (χ0v) is 12.7. The molecule has 6 heteroatoms. The highest BCUT2D eigenvalue weighted by Gasteiger charge is 2.15. The zero-order valence-electron chi connectivity index (χ0n) is 11.9. The number of hydrogen-bond acceptors (Lipinski definition) is 4. The van der Waals surface area contributed by atoms with Crippen LogP contribution in [0.15, 0.2) is 23.1 Å². The van der Waals surface area contributed by atoms with Gasteiger partial charge in [0.05, 0.1) is 10.4 Å². The molecule has 2 rings (SSSR count). The van der Waals surface area contributed by atoms with Gasteiger partial charge in [-0.2, -0.15) is 0 Å². The Bertz CT molecular complexity index is 692. The van der Waals surface area contributed by atoms with Crippen molar-refractivity contribution in [3.05, 3.63) is 24.0 Å². The monoisotopic (exact) mass is 295 g/mol. The van der Waals surface area contributed by atoms with E-state index in [0.29, 0.717) is 18.0 Å². The molecule has 1 atom stereocenters. The Labute approximate surface area is 119 Å². The van der Waals surface area contributed by atoms with Gasteiger partial charge in [0.25, 0.3) is 0 Å². The summed E-state index contributed by atoms with van der Waals surface area (Å²) in [5.74, 6) is 1.38. The maximum absolute atomic E-state index is 11.7. The number of H-pyrrole nitrogens is 1. The molecule has 0 amide bonds. The van der Waals surface area contributed by atoms with Crippen molar-refractivity contribution in [1.82, 2.24) is 9.97 Å². The van der Waals surface area contributed by atoms with Crippen LogP contribution < -0.4 is 5.73 Å². The summed E-state index contributed by atoms with van der Waals surface area (Å²) in [4.78, 5) is 7.93. The van der Waals surface area contributed by atoms with Crippen molar-refractivity contribution >= 4 is 20.9 Å². The van der Waals surface area contributed by atoms with E-state index in [0.717, 1.165) is 30.6 Å². The summed E-state index contributed by atoms with van der Waals surface area (Å²) in [7, 11) is -3.26. The van der Waals surface area contributed by atoms with Crippen molar-refractivity contribution in [1.29, 1.82) is 0 Å². The highest BCUT2D eigenvalue weighted by Crippen LogP contribution is 2.22. The molecule has 5 nitrogen and oxygen atoms in total. The fourth-order valence-electron chi connectivity index (χ4n) is 2.29. The highest BCUT2D eigenvalue weighted by molar-refractivity contribution is 7.91. The van der Waals surface area contributed by atoms with Gasteiger partial charge in [-0.1, -0.05) is 13.0 Å². The second-order valence-electron chi connectivity index (χ2n) is 5.33. The van der Waals surface area contributed by atoms with Crippen LogP contribution in [-0.2, 0) is 16.3 Å². The SMILES string of the molecule is CC(CCN)CCc1nc2c(S(C)(=O)=O)cccc2[nH]1. The Morgan fingerprint density at radius 2 is 2.10 bits per heavy atom. The van der Waals surface area contributed by atoms with Gasteiger partial charge in [0, 0.05) is 12.7 Å². The third-order valence-electron chi connectivity index (χ3n) is 3.46. The molecule has 0 spiro atoms. The Balaban J connectivity index is 2.26.